The van der Waals surface area contributed by atoms with Crippen molar-refractivity contribution in [2.75, 3.05) is 32.7 Å². The highest BCUT2D eigenvalue weighted by Crippen LogP contribution is 2.29. The fourth-order valence-corrected chi connectivity index (χ4v) is 2.68. The molecule has 86 valence electrons. The Balaban J connectivity index is 1.85. The van der Waals surface area contributed by atoms with E-state index >= 15 is 0 Å². The van der Waals surface area contributed by atoms with Crippen LogP contribution in [-0.4, -0.2) is 37.6 Å². The minimum Gasteiger partial charge on any atom is -0.317 e. The predicted octanol–water partition coefficient (Wildman–Crippen LogP) is 2.03. The highest BCUT2D eigenvalue weighted by atomic mass is 15.1. The minimum atomic E-state index is 0.560. The highest BCUT2D eigenvalue weighted by molar-refractivity contribution is 5.04. The number of nitrogens with zero attached hydrogens (tertiary/aromatic N) is 1. The molecule has 2 aliphatic heterocycles. The van der Waals surface area contributed by atoms with Gasteiger partial charge in [0.2, 0.25) is 0 Å². The van der Waals surface area contributed by atoms with E-state index in [0.29, 0.717) is 5.41 Å². The third-order valence-corrected chi connectivity index (χ3v) is 3.94. The van der Waals surface area contributed by atoms with Crippen LogP contribution in [0.2, 0.25) is 0 Å². The summed E-state index contributed by atoms with van der Waals surface area (Å²) in [4.78, 5) is 2.62. The fraction of sp³-hybridized carbons (Fsp3) is 0.846. The number of hydrogen-bond acceptors (Lipinski definition) is 2. The Bertz CT molecular complexity index is 239. The van der Waals surface area contributed by atoms with Crippen LogP contribution in [0, 0.1) is 5.41 Å². The summed E-state index contributed by atoms with van der Waals surface area (Å²) < 4.78 is 0. The molecule has 0 aliphatic carbocycles. The summed E-state index contributed by atoms with van der Waals surface area (Å²) in [5.41, 5.74) is 2.13. The summed E-state index contributed by atoms with van der Waals surface area (Å²) >= 11 is 0. The van der Waals surface area contributed by atoms with Crippen molar-refractivity contribution in [1.82, 2.24) is 10.2 Å². The third kappa shape index (κ3) is 3.05. The lowest BCUT2D eigenvalue weighted by Crippen LogP contribution is -2.44. The lowest BCUT2D eigenvalue weighted by Gasteiger charge is -2.39. The van der Waals surface area contributed by atoms with Crippen molar-refractivity contribution in [3.8, 4) is 0 Å². The molecule has 0 aromatic heterocycles. The van der Waals surface area contributed by atoms with Crippen molar-refractivity contribution in [3.05, 3.63) is 11.6 Å². The van der Waals surface area contributed by atoms with Crippen LogP contribution in [0.5, 0.6) is 0 Å². The normalized spacial score (nSPS) is 27.5. The minimum absolute atomic E-state index is 0.560. The van der Waals surface area contributed by atoms with Gasteiger partial charge < -0.3 is 5.32 Å². The molecule has 0 saturated carbocycles. The van der Waals surface area contributed by atoms with E-state index in [4.69, 9.17) is 0 Å². The largest absolute Gasteiger partial charge is 0.317 e. The second-order valence-corrected chi connectivity index (χ2v) is 5.60. The summed E-state index contributed by atoms with van der Waals surface area (Å²) in [6, 6.07) is 0. The maximum Gasteiger partial charge on any atom is 0.0166 e. The smallest absolute Gasteiger partial charge is 0.0166 e. The van der Waals surface area contributed by atoms with E-state index in [-0.39, 0.29) is 0 Å². The molecule has 2 heterocycles. The van der Waals surface area contributed by atoms with Crippen molar-refractivity contribution < 1.29 is 0 Å². The van der Waals surface area contributed by atoms with E-state index in [1.165, 1.54) is 52.0 Å². The Morgan fingerprint density at radius 1 is 1.40 bits per heavy atom. The van der Waals surface area contributed by atoms with Crippen molar-refractivity contribution >= 4 is 0 Å². The summed E-state index contributed by atoms with van der Waals surface area (Å²) in [6.07, 6.45) is 6.35. The molecule has 0 atom stereocenters. The summed E-state index contributed by atoms with van der Waals surface area (Å²) in [5, 5.41) is 3.45. The Morgan fingerprint density at radius 3 is 2.73 bits per heavy atom. The Hall–Kier alpha value is -0.340. The van der Waals surface area contributed by atoms with Gasteiger partial charge in [0.25, 0.3) is 0 Å². The second kappa shape index (κ2) is 4.67. The maximum absolute atomic E-state index is 3.45. The van der Waals surface area contributed by atoms with E-state index < -0.39 is 0 Å². The van der Waals surface area contributed by atoms with Gasteiger partial charge >= 0.3 is 0 Å². The van der Waals surface area contributed by atoms with Crippen LogP contribution in [0.1, 0.15) is 33.1 Å². The average Bonchev–Trinajstić information content (AvgIpc) is 2.22. The van der Waals surface area contributed by atoms with Gasteiger partial charge in [-0.25, -0.2) is 0 Å². The molecule has 0 radical (unpaired) electrons. The van der Waals surface area contributed by atoms with Crippen molar-refractivity contribution in [3.63, 3.8) is 0 Å². The van der Waals surface area contributed by atoms with E-state index in [1.807, 2.05) is 0 Å². The Morgan fingerprint density at radius 2 is 2.13 bits per heavy atom. The standard InChI is InChI=1S/C13H24N2/c1-12-3-9-15(10-4-12)11-13(2)5-7-14-8-6-13/h3,14H,4-11H2,1-2H3. The number of piperidine rings is 1. The Labute approximate surface area is 93.7 Å². The Kier molecular flexibility index (Phi) is 3.47. The average molecular weight is 208 g/mol. The lowest BCUT2D eigenvalue weighted by molar-refractivity contribution is 0.134. The van der Waals surface area contributed by atoms with Crippen LogP contribution in [0.25, 0.3) is 0 Å². The van der Waals surface area contributed by atoms with Gasteiger partial charge in [-0.15, -0.1) is 0 Å². The van der Waals surface area contributed by atoms with Crippen LogP contribution in [0.15, 0.2) is 11.6 Å². The van der Waals surface area contributed by atoms with Crippen LogP contribution in [0.4, 0.5) is 0 Å². The van der Waals surface area contributed by atoms with Crippen molar-refractivity contribution in [2.45, 2.75) is 33.1 Å². The zero-order valence-electron chi connectivity index (χ0n) is 10.2. The van der Waals surface area contributed by atoms with Gasteiger partial charge in [-0.2, -0.15) is 0 Å². The molecule has 15 heavy (non-hydrogen) atoms. The molecule has 0 amide bonds. The SMILES string of the molecule is CC1=CCN(CC2(C)CCNCC2)CC1. The van der Waals surface area contributed by atoms with Gasteiger partial charge in [0.05, 0.1) is 0 Å². The van der Waals surface area contributed by atoms with E-state index in [1.54, 1.807) is 5.57 Å². The molecule has 2 aliphatic rings. The fourth-order valence-electron chi connectivity index (χ4n) is 2.68. The van der Waals surface area contributed by atoms with E-state index in [0.717, 1.165) is 0 Å². The van der Waals surface area contributed by atoms with Crippen molar-refractivity contribution in [1.29, 1.82) is 0 Å². The molecule has 0 spiro atoms. The van der Waals surface area contributed by atoms with Gasteiger partial charge in [-0.3, -0.25) is 4.90 Å². The lowest BCUT2D eigenvalue weighted by atomic mass is 9.80. The van der Waals surface area contributed by atoms with E-state index in [2.05, 4.69) is 30.1 Å². The molecule has 2 nitrogen and oxygen atoms in total. The van der Waals surface area contributed by atoms with Gasteiger partial charge in [-0.1, -0.05) is 18.6 Å². The molecule has 1 saturated heterocycles. The maximum atomic E-state index is 3.45. The number of hydrogen-bond donors (Lipinski definition) is 1. The molecule has 1 fully saturated rings. The summed E-state index contributed by atoms with van der Waals surface area (Å²) in [7, 11) is 0. The third-order valence-electron chi connectivity index (χ3n) is 3.94. The molecule has 0 aromatic carbocycles. The van der Waals surface area contributed by atoms with Crippen LogP contribution in [0.3, 0.4) is 0 Å². The first-order chi connectivity index (χ1) is 7.18. The zero-order valence-corrected chi connectivity index (χ0v) is 10.2. The molecule has 0 unspecified atom stereocenters. The van der Waals surface area contributed by atoms with Crippen LogP contribution < -0.4 is 5.32 Å². The molecule has 2 rings (SSSR count). The first kappa shape index (κ1) is 11.2. The molecule has 2 heteroatoms. The molecular formula is C13H24N2. The van der Waals surface area contributed by atoms with Gasteiger partial charge in [0.15, 0.2) is 0 Å². The zero-order chi connectivity index (χ0) is 10.7. The summed E-state index contributed by atoms with van der Waals surface area (Å²) in [5.74, 6) is 0. The summed E-state index contributed by atoms with van der Waals surface area (Å²) in [6.45, 7) is 10.9. The number of rotatable bonds is 2. The monoisotopic (exact) mass is 208 g/mol. The first-order valence-corrected chi connectivity index (χ1v) is 6.27. The van der Waals surface area contributed by atoms with Gasteiger partial charge in [0.1, 0.15) is 0 Å². The van der Waals surface area contributed by atoms with E-state index in [9.17, 15) is 0 Å². The molecule has 0 aromatic rings. The second-order valence-electron chi connectivity index (χ2n) is 5.60. The predicted molar refractivity (Wildman–Crippen MR) is 65.0 cm³/mol. The van der Waals surface area contributed by atoms with Gasteiger partial charge in [-0.05, 0) is 44.7 Å². The van der Waals surface area contributed by atoms with Gasteiger partial charge in [0, 0.05) is 19.6 Å². The quantitative estimate of drug-likeness (QED) is 0.699. The van der Waals surface area contributed by atoms with Crippen LogP contribution >= 0.6 is 0 Å². The molecule has 0 bridgehead atoms. The highest BCUT2D eigenvalue weighted by Gasteiger charge is 2.29. The number of nitrogens with one attached hydrogen (secondary N) is 1. The topological polar surface area (TPSA) is 15.3 Å². The van der Waals surface area contributed by atoms with Crippen LogP contribution in [-0.2, 0) is 0 Å². The van der Waals surface area contributed by atoms with Crippen molar-refractivity contribution in [2.24, 2.45) is 5.41 Å². The first-order valence-electron chi connectivity index (χ1n) is 6.27. The molecule has 1 N–H and O–H groups in total. The molecular weight excluding hydrogens is 184 g/mol.